The van der Waals surface area contributed by atoms with E-state index in [1.54, 1.807) is 18.3 Å². The molecule has 2 atom stereocenters. The molecule has 0 bridgehead atoms. The molecule has 9 nitrogen and oxygen atoms in total. The van der Waals surface area contributed by atoms with Crippen LogP contribution in [0, 0.1) is 13.8 Å². The molecule has 260 valence electrons. The Morgan fingerprint density at radius 3 is 1.98 bits per heavy atom. The molecular weight excluding hydrogens is 603 g/mol. The number of pyridine rings is 1. The molecule has 0 radical (unpaired) electrons. The molecule has 1 amide bonds. The van der Waals surface area contributed by atoms with Crippen molar-refractivity contribution in [1.82, 2.24) is 10.3 Å². The molecule has 0 saturated heterocycles. The Morgan fingerprint density at radius 2 is 1.43 bits per heavy atom. The van der Waals surface area contributed by atoms with Gasteiger partial charge in [-0.3, -0.25) is 14.3 Å². The van der Waals surface area contributed by atoms with Gasteiger partial charge in [-0.1, -0.05) is 96.1 Å². The zero-order valence-corrected chi connectivity index (χ0v) is 29.5. The van der Waals surface area contributed by atoms with Gasteiger partial charge in [0.15, 0.2) is 0 Å². The average Bonchev–Trinajstić information content (AvgIpc) is 3.00. The standard InChI is InChI=1S/C36H59N2O7P/c1-5-7-8-9-10-11-12-13-14-15-16-17-18-19-35(40)38-32(34(39)27-46(41,42)43)24-30-20-22-31(23-21-30)45-26-33-29(4)36(44-6-2)28(3)25-37-33/h20-23,25,32,34,39H,5-19,24,26-27H2,1-4H3,(H,38,40)(H2,41,42,43)/t32-,34+/m0/s1. The Balaban J connectivity index is 1.81. The van der Waals surface area contributed by atoms with Gasteiger partial charge >= 0.3 is 7.60 Å². The van der Waals surface area contributed by atoms with Gasteiger partial charge in [0.05, 0.1) is 30.6 Å². The lowest BCUT2D eigenvalue weighted by Crippen LogP contribution is -2.46. The van der Waals surface area contributed by atoms with Crippen LogP contribution >= 0.6 is 7.60 Å². The maximum absolute atomic E-state index is 12.8. The van der Waals surface area contributed by atoms with Gasteiger partial charge in [-0.25, -0.2) is 0 Å². The van der Waals surface area contributed by atoms with E-state index in [9.17, 15) is 24.3 Å². The van der Waals surface area contributed by atoms with Crippen LogP contribution in [0.5, 0.6) is 11.5 Å². The highest BCUT2D eigenvalue weighted by atomic mass is 31.2. The zero-order chi connectivity index (χ0) is 33.8. The summed E-state index contributed by atoms with van der Waals surface area (Å²) in [7, 11) is -4.47. The summed E-state index contributed by atoms with van der Waals surface area (Å²) in [5, 5.41) is 13.5. The first-order valence-electron chi connectivity index (χ1n) is 17.4. The zero-order valence-electron chi connectivity index (χ0n) is 28.6. The van der Waals surface area contributed by atoms with Crippen molar-refractivity contribution in [2.24, 2.45) is 0 Å². The number of benzene rings is 1. The normalized spacial score (nSPS) is 12.9. The minimum atomic E-state index is -4.47. The highest BCUT2D eigenvalue weighted by molar-refractivity contribution is 7.51. The topological polar surface area (TPSA) is 138 Å². The molecule has 4 N–H and O–H groups in total. The summed E-state index contributed by atoms with van der Waals surface area (Å²) < 4.78 is 23.3. The van der Waals surface area contributed by atoms with E-state index in [1.165, 1.54) is 64.2 Å². The van der Waals surface area contributed by atoms with Crippen LogP contribution in [0.3, 0.4) is 0 Å². The molecule has 1 aromatic carbocycles. The molecule has 46 heavy (non-hydrogen) atoms. The SMILES string of the molecule is CCCCCCCCCCCCCCCC(=O)N[C@@H](Cc1ccc(OCc2ncc(C)c(OCC)c2C)cc1)[C@H](O)CP(=O)(O)O. The maximum Gasteiger partial charge on any atom is 0.328 e. The van der Waals surface area contributed by atoms with Crippen LogP contribution in [-0.2, 0) is 22.4 Å². The number of unbranched alkanes of at least 4 members (excludes halogenated alkanes) is 12. The summed E-state index contributed by atoms with van der Waals surface area (Å²) in [4.78, 5) is 36.1. The van der Waals surface area contributed by atoms with E-state index in [1.807, 2.05) is 32.9 Å². The number of hydrogen-bond acceptors (Lipinski definition) is 6. The third-order valence-corrected chi connectivity index (χ3v) is 9.18. The van der Waals surface area contributed by atoms with Gasteiger partial charge in [0.1, 0.15) is 18.1 Å². The fourth-order valence-corrected chi connectivity index (χ4v) is 6.37. The molecule has 0 aliphatic rings. The van der Waals surface area contributed by atoms with E-state index in [2.05, 4.69) is 17.2 Å². The number of aliphatic hydroxyl groups excluding tert-OH is 1. The molecule has 0 unspecified atom stereocenters. The first kappa shape index (κ1) is 39.7. The van der Waals surface area contributed by atoms with Gasteiger partial charge in [0.2, 0.25) is 5.91 Å². The van der Waals surface area contributed by atoms with E-state index in [0.717, 1.165) is 47.4 Å². The highest BCUT2D eigenvalue weighted by Crippen LogP contribution is 2.36. The average molecular weight is 663 g/mol. The number of ether oxygens (including phenoxy) is 2. The van der Waals surface area contributed by atoms with E-state index in [4.69, 9.17) is 9.47 Å². The van der Waals surface area contributed by atoms with Crippen molar-refractivity contribution < 1.29 is 33.7 Å². The third-order valence-electron chi connectivity index (χ3n) is 8.33. The minimum Gasteiger partial charge on any atom is -0.493 e. The van der Waals surface area contributed by atoms with Crippen molar-refractivity contribution in [2.45, 2.75) is 143 Å². The van der Waals surface area contributed by atoms with Gasteiger partial charge in [-0.2, -0.15) is 0 Å². The van der Waals surface area contributed by atoms with Crippen LogP contribution in [0.4, 0.5) is 0 Å². The second-order valence-corrected chi connectivity index (χ2v) is 14.2. The fourth-order valence-electron chi connectivity index (χ4n) is 5.63. The van der Waals surface area contributed by atoms with Crippen LogP contribution < -0.4 is 14.8 Å². The number of nitrogens with one attached hydrogen (secondary N) is 1. The fraction of sp³-hybridized carbons (Fsp3) is 0.667. The van der Waals surface area contributed by atoms with Gasteiger partial charge in [0, 0.05) is 23.7 Å². The van der Waals surface area contributed by atoms with Crippen molar-refractivity contribution in [3.63, 3.8) is 0 Å². The lowest BCUT2D eigenvalue weighted by molar-refractivity contribution is -0.122. The van der Waals surface area contributed by atoms with Gasteiger partial charge in [-0.15, -0.1) is 0 Å². The summed E-state index contributed by atoms with van der Waals surface area (Å²) in [6.45, 7) is 8.94. The van der Waals surface area contributed by atoms with E-state index >= 15 is 0 Å². The van der Waals surface area contributed by atoms with Crippen LogP contribution in [0.25, 0.3) is 0 Å². The number of amides is 1. The van der Waals surface area contributed by atoms with Crippen molar-refractivity contribution >= 4 is 13.5 Å². The number of aryl methyl sites for hydroxylation is 1. The summed E-state index contributed by atoms with van der Waals surface area (Å²) >= 11 is 0. The molecule has 2 aromatic rings. The quantitative estimate of drug-likeness (QED) is 0.0626. The smallest absolute Gasteiger partial charge is 0.328 e. The predicted molar refractivity (Wildman–Crippen MR) is 185 cm³/mol. The summed E-state index contributed by atoms with van der Waals surface area (Å²) in [5.74, 6) is 1.23. The van der Waals surface area contributed by atoms with Crippen molar-refractivity contribution in [2.75, 3.05) is 12.8 Å². The number of hydrogen-bond donors (Lipinski definition) is 4. The summed E-state index contributed by atoms with van der Waals surface area (Å²) in [6.07, 6.45) is 16.1. The van der Waals surface area contributed by atoms with Crippen molar-refractivity contribution in [1.29, 1.82) is 0 Å². The number of nitrogens with zero attached hydrogens (tertiary/aromatic N) is 1. The van der Waals surface area contributed by atoms with E-state index in [0.29, 0.717) is 18.8 Å². The number of carbonyl (C=O) groups is 1. The van der Waals surface area contributed by atoms with Gasteiger partial charge in [0.25, 0.3) is 0 Å². The third kappa shape index (κ3) is 16.4. The van der Waals surface area contributed by atoms with Crippen molar-refractivity contribution in [3.05, 3.63) is 52.8 Å². The minimum absolute atomic E-state index is 0.217. The first-order chi connectivity index (χ1) is 22.0. The van der Waals surface area contributed by atoms with Gasteiger partial charge in [-0.05, 0) is 51.3 Å². The Hall–Kier alpha value is -2.45. The number of rotatable bonds is 25. The molecule has 0 fully saturated rings. The van der Waals surface area contributed by atoms with Crippen LogP contribution in [0.15, 0.2) is 30.5 Å². The Morgan fingerprint density at radius 1 is 0.870 bits per heavy atom. The van der Waals surface area contributed by atoms with E-state index < -0.39 is 25.9 Å². The molecule has 0 spiro atoms. The molecular formula is C36H59N2O7P. The molecule has 1 heterocycles. The number of aliphatic hydroxyl groups is 1. The number of carbonyl (C=O) groups excluding carboxylic acids is 1. The Kier molecular flexibility index (Phi) is 19.2. The molecule has 2 rings (SSSR count). The lowest BCUT2D eigenvalue weighted by Gasteiger charge is -2.25. The lowest BCUT2D eigenvalue weighted by atomic mass is 10.0. The molecule has 10 heteroatoms. The second-order valence-electron chi connectivity index (χ2n) is 12.5. The largest absolute Gasteiger partial charge is 0.493 e. The summed E-state index contributed by atoms with van der Waals surface area (Å²) in [5.41, 5.74) is 3.49. The Bertz CT molecular complexity index is 1190. The Labute approximate surface area is 277 Å². The van der Waals surface area contributed by atoms with Gasteiger partial charge < -0.3 is 29.7 Å². The molecule has 0 aliphatic heterocycles. The highest BCUT2D eigenvalue weighted by Gasteiger charge is 2.28. The maximum atomic E-state index is 12.8. The van der Waals surface area contributed by atoms with Crippen LogP contribution in [0.1, 0.15) is 126 Å². The van der Waals surface area contributed by atoms with Crippen LogP contribution in [-0.4, -0.2) is 50.7 Å². The van der Waals surface area contributed by atoms with Crippen molar-refractivity contribution in [3.8, 4) is 11.5 Å². The molecule has 0 aliphatic carbocycles. The van der Waals surface area contributed by atoms with Crippen LogP contribution in [0.2, 0.25) is 0 Å². The second kappa shape index (κ2) is 22.2. The predicted octanol–water partition coefficient (Wildman–Crippen LogP) is 7.72. The number of aromatic nitrogens is 1. The first-order valence-corrected chi connectivity index (χ1v) is 19.1. The monoisotopic (exact) mass is 662 g/mol. The van der Waals surface area contributed by atoms with E-state index in [-0.39, 0.29) is 18.9 Å². The molecule has 0 saturated carbocycles. The molecule has 1 aromatic heterocycles. The summed E-state index contributed by atoms with van der Waals surface area (Å²) in [6, 6.07) is 6.41.